The summed E-state index contributed by atoms with van der Waals surface area (Å²) in [5.41, 5.74) is 2.11. The van der Waals surface area contributed by atoms with Gasteiger partial charge >= 0.3 is 0 Å². The normalized spacial score (nSPS) is 16.6. The van der Waals surface area contributed by atoms with E-state index in [1.165, 1.54) is 5.56 Å². The standard InChI is InChI=1S/C22H25NO4/c1-25-19-13-16(14-20(26-2)22(19)27-3)9-10-21(24)23-12-11-18(15-23)17-7-5-4-6-8-17/h4-10,13-14,18H,11-12,15H2,1-3H3/b10-9+. The third kappa shape index (κ3) is 4.25. The van der Waals surface area contributed by atoms with Crippen molar-refractivity contribution in [2.45, 2.75) is 12.3 Å². The molecular weight excluding hydrogens is 342 g/mol. The second kappa shape index (κ2) is 8.62. The van der Waals surface area contributed by atoms with Gasteiger partial charge in [-0.05, 0) is 35.8 Å². The maximum Gasteiger partial charge on any atom is 0.246 e. The van der Waals surface area contributed by atoms with Crippen molar-refractivity contribution in [3.8, 4) is 17.2 Å². The second-order valence-corrected chi connectivity index (χ2v) is 6.47. The number of hydrogen-bond donors (Lipinski definition) is 0. The van der Waals surface area contributed by atoms with E-state index >= 15 is 0 Å². The molecule has 0 saturated carbocycles. The van der Waals surface area contributed by atoms with Gasteiger partial charge in [-0.2, -0.15) is 0 Å². The summed E-state index contributed by atoms with van der Waals surface area (Å²) in [5, 5.41) is 0. The highest BCUT2D eigenvalue weighted by Gasteiger charge is 2.26. The first kappa shape index (κ1) is 18.8. The highest BCUT2D eigenvalue weighted by atomic mass is 16.5. The van der Waals surface area contributed by atoms with Crippen molar-refractivity contribution in [2.75, 3.05) is 34.4 Å². The van der Waals surface area contributed by atoms with Crippen LogP contribution in [-0.2, 0) is 4.79 Å². The molecule has 0 aromatic heterocycles. The zero-order valence-electron chi connectivity index (χ0n) is 16.0. The minimum absolute atomic E-state index is 0.0159. The molecule has 1 unspecified atom stereocenters. The van der Waals surface area contributed by atoms with E-state index < -0.39 is 0 Å². The van der Waals surface area contributed by atoms with Gasteiger partial charge in [0.05, 0.1) is 21.3 Å². The Kier molecular flexibility index (Phi) is 6.01. The number of nitrogens with zero attached hydrogens (tertiary/aromatic N) is 1. The molecule has 1 saturated heterocycles. The molecule has 0 radical (unpaired) electrons. The van der Waals surface area contributed by atoms with Gasteiger partial charge in [-0.15, -0.1) is 0 Å². The van der Waals surface area contributed by atoms with Crippen LogP contribution in [0.4, 0.5) is 0 Å². The highest BCUT2D eigenvalue weighted by Crippen LogP contribution is 2.38. The van der Waals surface area contributed by atoms with E-state index in [-0.39, 0.29) is 5.91 Å². The summed E-state index contributed by atoms with van der Waals surface area (Å²) < 4.78 is 16.0. The summed E-state index contributed by atoms with van der Waals surface area (Å²) >= 11 is 0. The lowest BCUT2D eigenvalue weighted by Gasteiger charge is -2.15. The number of ether oxygens (including phenoxy) is 3. The maximum atomic E-state index is 12.6. The molecule has 1 aliphatic heterocycles. The second-order valence-electron chi connectivity index (χ2n) is 6.47. The van der Waals surface area contributed by atoms with Crippen molar-refractivity contribution < 1.29 is 19.0 Å². The van der Waals surface area contributed by atoms with Crippen LogP contribution < -0.4 is 14.2 Å². The number of likely N-dealkylation sites (tertiary alicyclic amines) is 1. The van der Waals surface area contributed by atoms with Crippen molar-refractivity contribution in [1.29, 1.82) is 0 Å². The molecule has 1 atom stereocenters. The molecule has 1 aliphatic rings. The zero-order valence-corrected chi connectivity index (χ0v) is 16.0. The van der Waals surface area contributed by atoms with Gasteiger partial charge in [0, 0.05) is 25.1 Å². The van der Waals surface area contributed by atoms with E-state index in [1.807, 2.05) is 35.2 Å². The van der Waals surface area contributed by atoms with Gasteiger partial charge in [-0.1, -0.05) is 30.3 Å². The Hall–Kier alpha value is -2.95. The summed E-state index contributed by atoms with van der Waals surface area (Å²) in [6, 6.07) is 14.0. The lowest BCUT2D eigenvalue weighted by Crippen LogP contribution is -2.26. The molecule has 0 aliphatic carbocycles. The minimum Gasteiger partial charge on any atom is -0.493 e. The highest BCUT2D eigenvalue weighted by molar-refractivity contribution is 5.92. The van der Waals surface area contributed by atoms with E-state index in [4.69, 9.17) is 14.2 Å². The average Bonchev–Trinajstić information content (AvgIpc) is 3.22. The van der Waals surface area contributed by atoms with Crippen molar-refractivity contribution in [2.24, 2.45) is 0 Å². The van der Waals surface area contributed by atoms with E-state index in [1.54, 1.807) is 33.5 Å². The quantitative estimate of drug-likeness (QED) is 0.730. The van der Waals surface area contributed by atoms with Crippen LogP contribution in [0.2, 0.25) is 0 Å². The van der Waals surface area contributed by atoms with Gasteiger partial charge in [0.15, 0.2) is 11.5 Å². The summed E-state index contributed by atoms with van der Waals surface area (Å²) in [4.78, 5) is 14.5. The van der Waals surface area contributed by atoms with Crippen LogP contribution >= 0.6 is 0 Å². The minimum atomic E-state index is 0.0159. The lowest BCUT2D eigenvalue weighted by molar-refractivity contribution is -0.124. The van der Waals surface area contributed by atoms with Gasteiger partial charge < -0.3 is 19.1 Å². The van der Waals surface area contributed by atoms with Crippen molar-refractivity contribution in [3.05, 3.63) is 59.7 Å². The molecule has 2 aromatic rings. The maximum absolute atomic E-state index is 12.6. The molecule has 1 heterocycles. The predicted molar refractivity (Wildman–Crippen MR) is 106 cm³/mol. The van der Waals surface area contributed by atoms with Crippen molar-refractivity contribution in [3.63, 3.8) is 0 Å². The van der Waals surface area contributed by atoms with Crippen LogP contribution in [0.25, 0.3) is 6.08 Å². The Morgan fingerprint density at radius 2 is 1.70 bits per heavy atom. The number of amides is 1. The molecule has 1 fully saturated rings. The predicted octanol–water partition coefficient (Wildman–Crippen LogP) is 3.74. The summed E-state index contributed by atoms with van der Waals surface area (Å²) in [6.45, 7) is 1.53. The fourth-order valence-corrected chi connectivity index (χ4v) is 3.43. The Morgan fingerprint density at radius 3 is 2.30 bits per heavy atom. The SMILES string of the molecule is COc1cc(/C=C/C(=O)N2CCC(c3ccccc3)C2)cc(OC)c1OC. The van der Waals surface area contributed by atoms with Gasteiger partial charge in [-0.3, -0.25) is 4.79 Å². The van der Waals surface area contributed by atoms with Gasteiger partial charge in [-0.25, -0.2) is 0 Å². The number of benzene rings is 2. The Labute approximate surface area is 160 Å². The summed E-state index contributed by atoms with van der Waals surface area (Å²) in [5.74, 6) is 2.09. The van der Waals surface area contributed by atoms with E-state index in [9.17, 15) is 4.79 Å². The van der Waals surface area contributed by atoms with Gasteiger partial charge in [0.1, 0.15) is 0 Å². The zero-order chi connectivity index (χ0) is 19.2. The third-order valence-corrected chi connectivity index (χ3v) is 4.88. The Morgan fingerprint density at radius 1 is 1.04 bits per heavy atom. The summed E-state index contributed by atoms with van der Waals surface area (Å²) in [6.07, 6.45) is 4.38. The number of rotatable bonds is 6. The molecule has 0 spiro atoms. The van der Waals surface area contributed by atoms with Crippen LogP contribution in [0.1, 0.15) is 23.5 Å². The van der Waals surface area contributed by atoms with Crippen molar-refractivity contribution >= 4 is 12.0 Å². The van der Waals surface area contributed by atoms with Gasteiger partial charge in [0.25, 0.3) is 0 Å². The van der Waals surface area contributed by atoms with E-state index in [0.29, 0.717) is 23.2 Å². The fraction of sp³-hybridized carbons (Fsp3) is 0.318. The van der Waals surface area contributed by atoms with Crippen LogP contribution in [-0.4, -0.2) is 45.2 Å². The molecule has 142 valence electrons. The fourth-order valence-electron chi connectivity index (χ4n) is 3.43. The molecular formula is C22H25NO4. The number of methoxy groups -OCH3 is 3. The smallest absolute Gasteiger partial charge is 0.246 e. The molecule has 5 nitrogen and oxygen atoms in total. The molecule has 0 bridgehead atoms. The lowest BCUT2D eigenvalue weighted by atomic mass is 9.99. The Bertz CT molecular complexity index is 791. The summed E-state index contributed by atoms with van der Waals surface area (Å²) in [7, 11) is 4.71. The number of carbonyl (C=O) groups excluding carboxylic acids is 1. The molecule has 5 heteroatoms. The first-order valence-electron chi connectivity index (χ1n) is 8.98. The third-order valence-electron chi connectivity index (χ3n) is 4.88. The number of hydrogen-bond acceptors (Lipinski definition) is 4. The number of carbonyl (C=O) groups is 1. The largest absolute Gasteiger partial charge is 0.493 e. The van der Waals surface area contributed by atoms with Crippen molar-refractivity contribution in [1.82, 2.24) is 4.90 Å². The first-order valence-corrected chi connectivity index (χ1v) is 8.98. The molecule has 0 N–H and O–H groups in total. The average molecular weight is 367 g/mol. The van der Waals surface area contributed by atoms with Crippen LogP contribution in [0, 0.1) is 0 Å². The molecule has 27 heavy (non-hydrogen) atoms. The molecule has 3 rings (SSSR count). The van der Waals surface area contributed by atoms with Crippen LogP contribution in [0.15, 0.2) is 48.5 Å². The van der Waals surface area contributed by atoms with E-state index in [0.717, 1.165) is 25.1 Å². The first-order chi connectivity index (χ1) is 13.2. The molecule has 2 aromatic carbocycles. The van der Waals surface area contributed by atoms with Crippen LogP contribution in [0.5, 0.6) is 17.2 Å². The van der Waals surface area contributed by atoms with Gasteiger partial charge in [0.2, 0.25) is 11.7 Å². The topological polar surface area (TPSA) is 48.0 Å². The molecule has 1 amide bonds. The Balaban J connectivity index is 1.70. The monoisotopic (exact) mass is 367 g/mol. The van der Waals surface area contributed by atoms with E-state index in [2.05, 4.69) is 12.1 Å². The van der Waals surface area contributed by atoms with Crippen LogP contribution in [0.3, 0.4) is 0 Å².